The zero-order chi connectivity index (χ0) is 24.7. The maximum atomic E-state index is 15.0. The van der Waals surface area contributed by atoms with Crippen LogP contribution < -0.4 is 15.4 Å². The summed E-state index contributed by atoms with van der Waals surface area (Å²) in [6.07, 6.45) is 7.83. The maximum Gasteiger partial charge on any atom is 0.223 e. The fourth-order valence-electron chi connectivity index (χ4n) is 4.29. The maximum absolute atomic E-state index is 15.0. The number of anilines is 4. The summed E-state index contributed by atoms with van der Waals surface area (Å²) in [5, 5.41) is 7.37. The Bertz CT molecular complexity index is 1330. The van der Waals surface area contributed by atoms with Crippen molar-refractivity contribution in [3.8, 4) is 11.3 Å². The van der Waals surface area contributed by atoms with Gasteiger partial charge in [0.25, 0.3) is 0 Å². The van der Waals surface area contributed by atoms with Crippen LogP contribution in [0.15, 0.2) is 83.9 Å². The Kier molecular flexibility index (Phi) is 7.88. The molecule has 1 aromatic heterocycles. The monoisotopic (exact) mass is 519 g/mol. The summed E-state index contributed by atoms with van der Waals surface area (Å²) in [6.45, 7) is 0. The third-order valence-electron chi connectivity index (χ3n) is 6.15. The predicted molar refractivity (Wildman–Crippen MR) is 149 cm³/mol. The van der Waals surface area contributed by atoms with E-state index in [9.17, 15) is 0 Å². The molecule has 4 aromatic rings. The van der Waals surface area contributed by atoms with Gasteiger partial charge in [-0.25, -0.2) is 14.4 Å². The van der Waals surface area contributed by atoms with E-state index in [1.165, 1.54) is 37.3 Å². The van der Waals surface area contributed by atoms with Gasteiger partial charge in [0.05, 0.1) is 16.4 Å². The minimum atomic E-state index is -0.364. The molecule has 0 unspecified atom stereocenters. The Hall–Kier alpha value is -3.29. The smallest absolute Gasteiger partial charge is 0.223 e. The van der Waals surface area contributed by atoms with Crippen molar-refractivity contribution in [1.29, 1.82) is 0 Å². The van der Waals surface area contributed by atoms with Gasteiger partial charge in [-0.15, -0.1) is 0 Å². The molecule has 0 atom stereocenters. The molecule has 0 spiro atoms. The van der Waals surface area contributed by atoms with Gasteiger partial charge in [0.2, 0.25) is 5.95 Å². The SMILES string of the molecule is Fc1cc(NSc2ccccc2Cl)ccc1Nc1ccccc1-c1ccnc(NC2CCCCC2)n1. The molecule has 3 aromatic carbocycles. The second-order valence-electron chi connectivity index (χ2n) is 8.74. The normalized spacial score (nSPS) is 13.8. The summed E-state index contributed by atoms with van der Waals surface area (Å²) >= 11 is 7.55. The van der Waals surface area contributed by atoms with E-state index >= 15 is 4.39 Å². The first-order valence-corrected chi connectivity index (χ1v) is 13.3. The Morgan fingerprint density at radius 2 is 1.69 bits per heavy atom. The lowest BCUT2D eigenvalue weighted by atomic mass is 9.96. The van der Waals surface area contributed by atoms with Crippen molar-refractivity contribution in [1.82, 2.24) is 9.97 Å². The van der Waals surface area contributed by atoms with Crippen LogP contribution in [-0.4, -0.2) is 16.0 Å². The first-order chi connectivity index (χ1) is 17.7. The zero-order valence-electron chi connectivity index (χ0n) is 19.7. The van der Waals surface area contributed by atoms with Crippen LogP contribution in [0, 0.1) is 5.82 Å². The summed E-state index contributed by atoms with van der Waals surface area (Å²) in [4.78, 5) is 10.1. The van der Waals surface area contributed by atoms with Gasteiger partial charge in [-0.1, -0.05) is 61.2 Å². The zero-order valence-corrected chi connectivity index (χ0v) is 21.2. The highest BCUT2D eigenvalue weighted by Crippen LogP contribution is 2.33. The van der Waals surface area contributed by atoms with E-state index < -0.39 is 0 Å². The lowest BCUT2D eigenvalue weighted by molar-refractivity contribution is 0.461. The Morgan fingerprint density at radius 1 is 0.889 bits per heavy atom. The lowest BCUT2D eigenvalue weighted by Crippen LogP contribution is -2.23. The molecule has 184 valence electrons. The Labute approximate surface area is 220 Å². The topological polar surface area (TPSA) is 61.9 Å². The molecule has 1 aliphatic rings. The predicted octanol–water partition coefficient (Wildman–Crippen LogP) is 8.54. The summed E-state index contributed by atoms with van der Waals surface area (Å²) in [6, 6.07) is 22.6. The fraction of sp³-hybridized carbons (Fsp3) is 0.214. The van der Waals surface area contributed by atoms with Crippen LogP contribution >= 0.6 is 23.5 Å². The highest BCUT2D eigenvalue weighted by atomic mass is 35.5. The van der Waals surface area contributed by atoms with Crippen molar-refractivity contribution >= 4 is 46.6 Å². The highest BCUT2D eigenvalue weighted by molar-refractivity contribution is 8.00. The number of para-hydroxylation sites is 1. The van der Waals surface area contributed by atoms with Gasteiger partial charge in [-0.2, -0.15) is 0 Å². The molecule has 1 fully saturated rings. The van der Waals surface area contributed by atoms with Crippen LogP contribution in [0.3, 0.4) is 0 Å². The number of aromatic nitrogens is 2. The number of hydrogen-bond donors (Lipinski definition) is 3. The van der Waals surface area contributed by atoms with Crippen molar-refractivity contribution in [3.63, 3.8) is 0 Å². The van der Waals surface area contributed by atoms with Crippen LogP contribution in [0.1, 0.15) is 32.1 Å². The van der Waals surface area contributed by atoms with Crippen molar-refractivity contribution in [2.24, 2.45) is 0 Å². The molecular weight excluding hydrogens is 493 g/mol. The van der Waals surface area contributed by atoms with Crippen molar-refractivity contribution < 1.29 is 4.39 Å². The quantitative estimate of drug-likeness (QED) is 0.203. The van der Waals surface area contributed by atoms with E-state index in [1.807, 2.05) is 60.7 Å². The Balaban J connectivity index is 1.31. The molecule has 3 N–H and O–H groups in total. The van der Waals surface area contributed by atoms with Crippen LogP contribution in [0.25, 0.3) is 11.3 Å². The van der Waals surface area contributed by atoms with Gasteiger partial charge in [-0.05, 0) is 67.3 Å². The highest BCUT2D eigenvalue weighted by Gasteiger charge is 2.15. The summed E-state index contributed by atoms with van der Waals surface area (Å²) in [5.41, 5.74) is 3.45. The molecule has 0 saturated heterocycles. The molecule has 36 heavy (non-hydrogen) atoms. The number of halogens is 2. The second kappa shape index (κ2) is 11.6. The largest absolute Gasteiger partial charge is 0.353 e. The van der Waals surface area contributed by atoms with E-state index in [1.54, 1.807) is 12.3 Å². The van der Waals surface area contributed by atoms with Crippen molar-refractivity contribution in [3.05, 3.63) is 89.8 Å². The Morgan fingerprint density at radius 3 is 2.53 bits per heavy atom. The van der Waals surface area contributed by atoms with Gasteiger partial charge in [-0.3, -0.25) is 0 Å². The van der Waals surface area contributed by atoms with Crippen LogP contribution in [0.4, 0.5) is 27.4 Å². The minimum Gasteiger partial charge on any atom is -0.353 e. The lowest BCUT2D eigenvalue weighted by Gasteiger charge is -2.22. The average molecular weight is 520 g/mol. The van der Waals surface area contributed by atoms with Crippen molar-refractivity contribution in [2.45, 2.75) is 43.0 Å². The summed E-state index contributed by atoms with van der Waals surface area (Å²) in [7, 11) is 0. The molecule has 5 rings (SSSR count). The molecule has 1 heterocycles. The summed E-state index contributed by atoms with van der Waals surface area (Å²) in [5.74, 6) is 0.267. The van der Waals surface area contributed by atoms with Gasteiger partial charge < -0.3 is 15.4 Å². The van der Waals surface area contributed by atoms with Crippen LogP contribution in [0.2, 0.25) is 5.02 Å². The van der Waals surface area contributed by atoms with Gasteiger partial charge >= 0.3 is 0 Å². The third kappa shape index (κ3) is 6.09. The van der Waals surface area contributed by atoms with Crippen molar-refractivity contribution in [2.75, 3.05) is 15.4 Å². The van der Waals surface area contributed by atoms with Crippen LogP contribution in [-0.2, 0) is 0 Å². The second-order valence-corrected chi connectivity index (χ2v) is 10.00. The molecule has 1 aliphatic carbocycles. The number of nitrogens with zero attached hydrogens (tertiary/aromatic N) is 2. The van der Waals surface area contributed by atoms with E-state index in [0.717, 1.165) is 34.7 Å². The van der Waals surface area contributed by atoms with E-state index in [2.05, 4.69) is 20.3 Å². The average Bonchev–Trinajstić information content (AvgIpc) is 2.91. The van der Waals surface area contributed by atoms with Crippen LogP contribution in [0.5, 0.6) is 0 Å². The molecule has 0 bridgehead atoms. The molecule has 0 amide bonds. The number of nitrogens with one attached hydrogen (secondary N) is 3. The fourth-order valence-corrected chi connectivity index (χ4v) is 5.21. The standard InChI is InChI=1S/C28H27ClFN5S/c29-22-11-5-7-13-27(22)36-35-20-14-15-26(23(30)18-20)33-24-12-6-4-10-21(24)25-16-17-31-28(34-25)32-19-8-2-1-3-9-19/h4-7,10-19,33,35H,1-3,8-9H2,(H,31,32,34). The first kappa shape index (κ1) is 24.4. The first-order valence-electron chi connectivity index (χ1n) is 12.1. The minimum absolute atomic E-state index is 0.364. The number of rotatable bonds is 8. The molecule has 8 heteroatoms. The molecule has 1 saturated carbocycles. The van der Waals surface area contributed by atoms with Gasteiger partial charge in [0, 0.05) is 34.1 Å². The van der Waals surface area contributed by atoms with Gasteiger partial charge in [0.15, 0.2) is 0 Å². The van der Waals surface area contributed by atoms with E-state index in [0.29, 0.717) is 28.4 Å². The molecule has 5 nitrogen and oxygen atoms in total. The molecular formula is C28H27ClFN5S. The van der Waals surface area contributed by atoms with Gasteiger partial charge in [0.1, 0.15) is 5.82 Å². The summed E-state index contributed by atoms with van der Waals surface area (Å²) < 4.78 is 18.2. The van der Waals surface area contributed by atoms with E-state index in [4.69, 9.17) is 16.6 Å². The number of hydrogen-bond acceptors (Lipinski definition) is 6. The number of benzene rings is 3. The van der Waals surface area contributed by atoms with E-state index in [-0.39, 0.29) is 5.82 Å². The molecule has 0 radical (unpaired) electrons. The molecule has 0 aliphatic heterocycles. The third-order valence-corrected chi connectivity index (χ3v) is 7.51.